The highest BCUT2D eigenvalue weighted by atomic mass is 79.9. The Kier molecular flexibility index (Phi) is 3.50. The van der Waals surface area contributed by atoms with Gasteiger partial charge in [0.15, 0.2) is 0 Å². The van der Waals surface area contributed by atoms with Crippen molar-refractivity contribution in [2.45, 2.75) is 26.7 Å². The van der Waals surface area contributed by atoms with E-state index in [4.69, 9.17) is 5.26 Å². The van der Waals surface area contributed by atoms with Crippen LogP contribution in [0.1, 0.15) is 23.1 Å². The van der Waals surface area contributed by atoms with Crippen molar-refractivity contribution >= 4 is 15.9 Å². The van der Waals surface area contributed by atoms with E-state index < -0.39 is 0 Å². The van der Waals surface area contributed by atoms with E-state index in [1.165, 1.54) is 16.7 Å². The number of benzene rings is 1. The molecule has 1 rings (SSSR count). The Morgan fingerprint density at radius 1 is 1.31 bits per heavy atom. The lowest BCUT2D eigenvalue weighted by atomic mass is 10.0. The maximum Gasteiger partial charge on any atom is 0.0625 e. The van der Waals surface area contributed by atoms with Crippen molar-refractivity contribution in [3.05, 3.63) is 33.3 Å². The fourth-order valence-corrected chi connectivity index (χ4v) is 1.72. The molecule has 1 aromatic rings. The van der Waals surface area contributed by atoms with Gasteiger partial charge >= 0.3 is 0 Å². The largest absolute Gasteiger partial charge is 0.198 e. The van der Waals surface area contributed by atoms with Gasteiger partial charge in [-0.3, -0.25) is 0 Å². The molecule has 0 fully saturated rings. The molecule has 0 saturated heterocycles. The lowest BCUT2D eigenvalue weighted by Gasteiger charge is -2.06. The summed E-state index contributed by atoms with van der Waals surface area (Å²) in [5, 5.41) is 8.48. The summed E-state index contributed by atoms with van der Waals surface area (Å²) in [5.41, 5.74) is 3.79. The van der Waals surface area contributed by atoms with E-state index in [0.717, 1.165) is 10.9 Å². The molecule has 68 valence electrons. The number of nitriles is 1. The van der Waals surface area contributed by atoms with E-state index in [9.17, 15) is 0 Å². The van der Waals surface area contributed by atoms with Gasteiger partial charge in [-0.15, -0.1) is 0 Å². The van der Waals surface area contributed by atoms with Crippen LogP contribution in [-0.2, 0) is 6.42 Å². The van der Waals surface area contributed by atoms with Gasteiger partial charge in [0.1, 0.15) is 0 Å². The first-order chi connectivity index (χ1) is 6.15. The summed E-state index contributed by atoms with van der Waals surface area (Å²) >= 11 is 3.49. The molecule has 0 aliphatic rings. The molecule has 0 unspecified atom stereocenters. The topological polar surface area (TPSA) is 23.8 Å². The molecule has 0 aliphatic carbocycles. The van der Waals surface area contributed by atoms with Gasteiger partial charge in [0.2, 0.25) is 0 Å². The Bertz CT molecular complexity index is 350. The number of aryl methyl sites for hydroxylation is 3. The van der Waals surface area contributed by atoms with Crippen molar-refractivity contribution in [2.24, 2.45) is 0 Å². The van der Waals surface area contributed by atoms with Crippen molar-refractivity contribution in [1.82, 2.24) is 0 Å². The summed E-state index contributed by atoms with van der Waals surface area (Å²) in [5.74, 6) is 0. The summed E-state index contributed by atoms with van der Waals surface area (Å²) in [6, 6.07) is 6.42. The van der Waals surface area contributed by atoms with Crippen LogP contribution >= 0.6 is 15.9 Å². The second kappa shape index (κ2) is 4.43. The van der Waals surface area contributed by atoms with E-state index in [1.807, 2.05) is 0 Å². The molecule has 0 saturated carbocycles. The van der Waals surface area contributed by atoms with Crippen molar-refractivity contribution in [2.75, 3.05) is 0 Å². The van der Waals surface area contributed by atoms with Gasteiger partial charge in [0.05, 0.1) is 6.07 Å². The molecule has 1 nitrogen and oxygen atoms in total. The van der Waals surface area contributed by atoms with Gasteiger partial charge in [-0.1, -0.05) is 22.0 Å². The molecular formula is C11H12BrN. The minimum absolute atomic E-state index is 0.594. The quantitative estimate of drug-likeness (QED) is 0.773. The van der Waals surface area contributed by atoms with E-state index in [0.29, 0.717) is 6.42 Å². The van der Waals surface area contributed by atoms with E-state index in [1.54, 1.807) is 0 Å². The smallest absolute Gasteiger partial charge is 0.0625 e. The molecule has 0 aromatic heterocycles. The van der Waals surface area contributed by atoms with Gasteiger partial charge in [-0.05, 0) is 43.0 Å². The molecule has 0 aliphatic heterocycles. The predicted octanol–water partition coefficient (Wildman–Crippen LogP) is 3.52. The zero-order chi connectivity index (χ0) is 9.84. The SMILES string of the molecule is Cc1cc(C)c(CCC#N)cc1Br. The normalized spacial score (nSPS) is 9.69. The van der Waals surface area contributed by atoms with Crippen LogP contribution in [-0.4, -0.2) is 0 Å². The minimum atomic E-state index is 0.594. The average molecular weight is 238 g/mol. The Hall–Kier alpha value is -0.810. The highest BCUT2D eigenvalue weighted by Gasteiger charge is 2.01. The van der Waals surface area contributed by atoms with Gasteiger partial charge in [0, 0.05) is 10.9 Å². The Morgan fingerprint density at radius 3 is 2.62 bits per heavy atom. The zero-order valence-electron chi connectivity index (χ0n) is 7.89. The van der Waals surface area contributed by atoms with Crippen LogP contribution in [0.5, 0.6) is 0 Å². The molecular weight excluding hydrogens is 226 g/mol. The van der Waals surface area contributed by atoms with E-state index in [2.05, 4.69) is 48.0 Å². The second-order valence-corrected chi connectivity index (χ2v) is 4.04. The average Bonchev–Trinajstić information content (AvgIpc) is 2.09. The minimum Gasteiger partial charge on any atom is -0.198 e. The number of halogens is 1. The number of rotatable bonds is 2. The summed E-state index contributed by atoms with van der Waals surface area (Å²) in [7, 11) is 0. The number of hydrogen-bond acceptors (Lipinski definition) is 1. The highest BCUT2D eigenvalue weighted by molar-refractivity contribution is 9.10. The van der Waals surface area contributed by atoms with Crippen LogP contribution in [0.25, 0.3) is 0 Å². The molecule has 0 radical (unpaired) electrons. The van der Waals surface area contributed by atoms with Crippen molar-refractivity contribution in [1.29, 1.82) is 5.26 Å². The maximum atomic E-state index is 8.48. The zero-order valence-corrected chi connectivity index (χ0v) is 9.48. The molecule has 13 heavy (non-hydrogen) atoms. The first kappa shape index (κ1) is 10.3. The molecule has 1 aromatic carbocycles. The third-order valence-corrected chi connectivity index (χ3v) is 2.98. The third kappa shape index (κ3) is 2.57. The summed E-state index contributed by atoms with van der Waals surface area (Å²) < 4.78 is 1.13. The van der Waals surface area contributed by atoms with E-state index >= 15 is 0 Å². The maximum absolute atomic E-state index is 8.48. The molecule has 0 N–H and O–H groups in total. The Morgan fingerprint density at radius 2 is 2.00 bits per heavy atom. The fraction of sp³-hybridized carbons (Fsp3) is 0.364. The lowest BCUT2D eigenvalue weighted by molar-refractivity contribution is 0.992. The predicted molar refractivity (Wildman–Crippen MR) is 57.6 cm³/mol. The molecule has 0 amide bonds. The second-order valence-electron chi connectivity index (χ2n) is 3.19. The summed E-state index contributed by atoms with van der Waals surface area (Å²) in [6.07, 6.45) is 1.44. The Balaban J connectivity index is 2.96. The first-order valence-electron chi connectivity index (χ1n) is 4.27. The van der Waals surface area contributed by atoms with Crippen LogP contribution in [0, 0.1) is 25.2 Å². The van der Waals surface area contributed by atoms with Crippen LogP contribution < -0.4 is 0 Å². The molecule has 2 heteroatoms. The van der Waals surface area contributed by atoms with Crippen molar-refractivity contribution in [3.63, 3.8) is 0 Å². The molecule has 0 spiro atoms. The third-order valence-electron chi connectivity index (χ3n) is 2.12. The molecule has 0 bridgehead atoms. The van der Waals surface area contributed by atoms with Crippen LogP contribution in [0.15, 0.2) is 16.6 Å². The summed E-state index contributed by atoms with van der Waals surface area (Å²) in [4.78, 5) is 0. The first-order valence-corrected chi connectivity index (χ1v) is 5.07. The van der Waals surface area contributed by atoms with E-state index in [-0.39, 0.29) is 0 Å². The van der Waals surface area contributed by atoms with Crippen LogP contribution in [0.2, 0.25) is 0 Å². The van der Waals surface area contributed by atoms with Gasteiger partial charge in [-0.2, -0.15) is 5.26 Å². The van der Waals surface area contributed by atoms with Crippen LogP contribution in [0.4, 0.5) is 0 Å². The fourth-order valence-electron chi connectivity index (χ4n) is 1.33. The van der Waals surface area contributed by atoms with Gasteiger partial charge < -0.3 is 0 Å². The van der Waals surface area contributed by atoms with Gasteiger partial charge in [0.25, 0.3) is 0 Å². The highest BCUT2D eigenvalue weighted by Crippen LogP contribution is 2.21. The van der Waals surface area contributed by atoms with Crippen LogP contribution in [0.3, 0.4) is 0 Å². The molecule has 0 heterocycles. The number of hydrogen-bond donors (Lipinski definition) is 0. The van der Waals surface area contributed by atoms with Crippen molar-refractivity contribution < 1.29 is 0 Å². The van der Waals surface area contributed by atoms with Gasteiger partial charge in [-0.25, -0.2) is 0 Å². The number of nitrogens with zero attached hydrogens (tertiary/aromatic N) is 1. The Labute approximate surface area is 87.5 Å². The monoisotopic (exact) mass is 237 g/mol. The lowest BCUT2D eigenvalue weighted by Crippen LogP contribution is -1.90. The summed E-state index contributed by atoms with van der Waals surface area (Å²) in [6.45, 7) is 4.16. The van der Waals surface area contributed by atoms with Crippen molar-refractivity contribution in [3.8, 4) is 6.07 Å². The molecule has 0 atom stereocenters. The standard InChI is InChI=1S/C11H12BrN/c1-8-6-9(2)11(12)7-10(8)4-3-5-13/h6-7H,3-4H2,1-2H3.